The molecular weight excluding hydrogens is 548 g/mol. The van der Waals surface area contributed by atoms with Crippen LogP contribution in [0.4, 0.5) is 14.6 Å². The monoisotopic (exact) mass is 579 g/mol. The van der Waals surface area contributed by atoms with Gasteiger partial charge in [-0.05, 0) is 49.1 Å². The predicted octanol–water partition coefficient (Wildman–Crippen LogP) is 3.34. The second-order valence-corrected chi connectivity index (χ2v) is 9.68. The van der Waals surface area contributed by atoms with Gasteiger partial charge >= 0.3 is 0 Å². The molecule has 1 fully saturated rings. The van der Waals surface area contributed by atoms with Gasteiger partial charge in [-0.3, -0.25) is 24.2 Å². The Balaban J connectivity index is 1.15. The average Bonchev–Trinajstić information content (AvgIpc) is 3.42. The summed E-state index contributed by atoms with van der Waals surface area (Å²) in [6.07, 6.45) is 8.52. The number of nitrogens with one attached hydrogen (secondary N) is 2. The number of hydrogen-bond acceptors (Lipinski definition) is 9. The highest BCUT2D eigenvalue weighted by Gasteiger charge is 2.47. The maximum Gasteiger partial charge on any atom is 0.273 e. The molecule has 4 rings (SSSR count). The van der Waals surface area contributed by atoms with Crippen molar-refractivity contribution in [2.45, 2.75) is 57.1 Å². The molecule has 3 heterocycles. The van der Waals surface area contributed by atoms with Gasteiger partial charge in [0.1, 0.15) is 11.9 Å². The molecule has 2 N–H and O–H groups in total. The molecule has 0 saturated heterocycles. The van der Waals surface area contributed by atoms with Gasteiger partial charge in [0.15, 0.2) is 11.5 Å². The summed E-state index contributed by atoms with van der Waals surface area (Å²) in [6, 6.07) is 5.08. The zero-order valence-corrected chi connectivity index (χ0v) is 22.9. The molecule has 0 bridgehead atoms. The quantitative estimate of drug-likeness (QED) is 0.206. The molecule has 3 aromatic heterocycles. The number of anilines is 1. The van der Waals surface area contributed by atoms with Crippen LogP contribution in [0.5, 0.6) is 5.75 Å². The van der Waals surface area contributed by atoms with E-state index in [-0.39, 0.29) is 43.3 Å². The molecule has 42 heavy (non-hydrogen) atoms. The number of aromatic nitrogens is 6. The van der Waals surface area contributed by atoms with Crippen molar-refractivity contribution in [1.82, 2.24) is 35.5 Å². The van der Waals surface area contributed by atoms with E-state index in [0.29, 0.717) is 35.8 Å². The number of aliphatic imine (C=N–C) groups is 1. The van der Waals surface area contributed by atoms with E-state index in [1.54, 1.807) is 29.1 Å². The maximum atomic E-state index is 13.0. The second-order valence-electron chi connectivity index (χ2n) is 9.68. The van der Waals surface area contributed by atoms with Crippen molar-refractivity contribution >= 4 is 23.3 Å². The first-order valence-electron chi connectivity index (χ1n) is 13.3. The van der Waals surface area contributed by atoms with Gasteiger partial charge in [-0.15, -0.1) is 10.2 Å². The van der Waals surface area contributed by atoms with E-state index in [1.165, 1.54) is 24.7 Å². The lowest BCUT2D eigenvalue weighted by Crippen LogP contribution is -2.43. The summed E-state index contributed by atoms with van der Waals surface area (Å²) in [4.78, 5) is 32.7. The third-order valence-corrected chi connectivity index (χ3v) is 6.24. The third-order valence-electron chi connectivity index (χ3n) is 6.24. The fourth-order valence-corrected chi connectivity index (χ4v) is 4.08. The molecule has 0 atom stereocenters. The van der Waals surface area contributed by atoms with Crippen LogP contribution < -0.4 is 15.4 Å². The highest BCUT2D eigenvalue weighted by Crippen LogP contribution is 2.39. The van der Waals surface area contributed by atoms with E-state index in [1.807, 2.05) is 0 Å². The highest BCUT2D eigenvalue weighted by atomic mass is 19.3. The Labute approximate surface area is 241 Å². The molecule has 12 nitrogen and oxygen atoms in total. The Bertz CT molecular complexity index is 1430. The summed E-state index contributed by atoms with van der Waals surface area (Å²) in [6.45, 7) is 7.94. The van der Waals surface area contributed by atoms with Crippen LogP contribution in [0.2, 0.25) is 0 Å². The number of rotatable bonds is 15. The molecule has 3 aromatic rings. The number of carbonyl (C=O) groups excluding carboxylic acids is 2. The number of amides is 2. The van der Waals surface area contributed by atoms with Crippen molar-refractivity contribution in [2.75, 3.05) is 11.9 Å². The molecule has 0 aromatic carbocycles. The molecule has 0 spiro atoms. The largest absolute Gasteiger partial charge is 0.488 e. The van der Waals surface area contributed by atoms with E-state index in [9.17, 15) is 18.4 Å². The predicted molar refractivity (Wildman–Crippen MR) is 150 cm³/mol. The average molecular weight is 580 g/mol. The number of carbonyl (C=O) groups is 2. The maximum absolute atomic E-state index is 13.0. The number of nitrogens with zero attached hydrogens (tertiary/aromatic N) is 7. The van der Waals surface area contributed by atoms with Crippen molar-refractivity contribution in [3.63, 3.8) is 0 Å². The van der Waals surface area contributed by atoms with Gasteiger partial charge in [-0.1, -0.05) is 18.4 Å². The van der Waals surface area contributed by atoms with Gasteiger partial charge in [-0.25, -0.2) is 8.78 Å². The first kappa shape index (κ1) is 30.1. The van der Waals surface area contributed by atoms with E-state index >= 15 is 0 Å². The van der Waals surface area contributed by atoms with Crippen molar-refractivity contribution in [2.24, 2.45) is 4.99 Å². The van der Waals surface area contributed by atoms with Crippen LogP contribution in [0, 0.1) is 0 Å². The topological polar surface area (TPSA) is 149 Å². The Hall–Kier alpha value is -4.88. The summed E-state index contributed by atoms with van der Waals surface area (Å²) < 4.78 is 33.2. The number of pyridine rings is 1. The summed E-state index contributed by atoms with van der Waals surface area (Å²) in [7, 11) is 0. The smallest absolute Gasteiger partial charge is 0.273 e. The molecule has 0 radical (unpaired) electrons. The molecule has 14 heteroatoms. The minimum absolute atomic E-state index is 0.0134. The van der Waals surface area contributed by atoms with E-state index in [0.717, 1.165) is 18.5 Å². The van der Waals surface area contributed by atoms with E-state index in [2.05, 4.69) is 54.3 Å². The number of hydrogen-bond donors (Lipinski definition) is 2. The number of alkyl halides is 2. The Morgan fingerprint density at radius 2 is 2.00 bits per heavy atom. The van der Waals surface area contributed by atoms with Crippen molar-refractivity contribution in [3.8, 4) is 5.75 Å². The van der Waals surface area contributed by atoms with Gasteiger partial charge < -0.3 is 15.4 Å². The van der Waals surface area contributed by atoms with Crippen LogP contribution in [-0.2, 0) is 24.2 Å². The van der Waals surface area contributed by atoms with Crippen LogP contribution >= 0.6 is 0 Å². The van der Waals surface area contributed by atoms with Gasteiger partial charge in [0.25, 0.3) is 11.8 Å². The van der Waals surface area contributed by atoms with Crippen LogP contribution in [0.1, 0.15) is 47.4 Å². The Kier molecular flexibility index (Phi) is 10.1. The van der Waals surface area contributed by atoms with E-state index in [4.69, 9.17) is 4.74 Å². The van der Waals surface area contributed by atoms with Gasteiger partial charge in [0.05, 0.1) is 36.8 Å². The lowest BCUT2D eigenvalue weighted by molar-refractivity contribution is -0.134. The molecule has 0 aliphatic heterocycles. The standard InChI is InChI=1S/C28H31F2N9O3/c1-3-20(32-4-2)16-33-27(41)24-18-39(38-36-24)10-6-5-7-21-8-9-25(37-35-21)34-26(40)12-19-11-22(17-31-15-19)42-23-13-28(29,30)14-23/h3-4,8-9,11,15,17-18,23H,1-2,5-7,10,12-14,16H2,(H,33,41)(H,34,37,40)/b32-20+. The summed E-state index contributed by atoms with van der Waals surface area (Å²) in [5, 5.41) is 21.5. The number of aryl methyl sites for hydroxylation is 2. The fraction of sp³-hybridized carbons (Fsp3) is 0.357. The van der Waals surface area contributed by atoms with Gasteiger partial charge in [0.2, 0.25) is 5.91 Å². The van der Waals surface area contributed by atoms with Crippen molar-refractivity contribution in [1.29, 1.82) is 0 Å². The lowest BCUT2D eigenvalue weighted by atomic mass is 9.91. The van der Waals surface area contributed by atoms with Gasteiger partial charge in [0, 0.05) is 31.8 Å². The highest BCUT2D eigenvalue weighted by molar-refractivity contribution is 6.00. The minimum atomic E-state index is -2.67. The first-order chi connectivity index (χ1) is 20.2. The number of unbranched alkanes of at least 4 members (excludes halogenated alkanes) is 1. The zero-order chi connectivity index (χ0) is 30.0. The van der Waals surface area contributed by atoms with Crippen molar-refractivity contribution < 1.29 is 23.1 Å². The Morgan fingerprint density at radius 1 is 1.17 bits per heavy atom. The zero-order valence-electron chi connectivity index (χ0n) is 22.9. The molecule has 0 unspecified atom stereocenters. The van der Waals surface area contributed by atoms with Crippen molar-refractivity contribution in [3.05, 3.63) is 79.2 Å². The summed E-state index contributed by atoms with van der Waals surface area (Å²) in [5.74, 6) is -2.69. The number of ether oxygens (including phenoxy) is 1. The lowest BCUT2D eigenvalue weighted by Gasteiger charge is -2.34. The SMILES string of the molecule is C=C/N=C(\C=C)CNC(=O)c1cn(CCCCc2ccc(NC(=O)Cc3cncc(OC4CC(F)(F)C4)c3)nn2)nn1. The Morgan fingerprint density at radius 3 is 2.71 bits per heavy atom. The van der Waals surface area contributed by atoms with Crippen LogP contribution in [0.25, 0.3) is 0 Å². The third kappa shape index (κ3) is 9.08. The molecular formula is C28H31F2N9O3. The van der Waals surface area contributed by atoms with E-state index < -0.39 is 12.0 Å². The summed E-state index contributed by atoms with van der Waals surface area (Å²) >= 11 is 0. The second kappa shape index (κ2) is 14.1. The first-order valence-corrected chi connectivity index (χ1v) is 13.3. The molecule has 1 aliphatic carbocycles. The van der Waals surface area contributed by atoms with Crippen LogP contribution in [-0.4, -0.2) is 66.3 Å². The molecule has 2 amide bonds. The normalized spacial score (nSPS) is 14.5. The number of halogens is 2. The summed E-state index contributed by atoms with van der Waals surface area (Å²) in [5.41, 5.74) is 2.14. The van der Waals surface area contributed by atoms with Crippen LogP contribution in [0.15, 0.2) is 67.2 Å². The molecule has 220 valence electrons. The minimum Gasteiger partial charge on any atom is -0.488 e. The molecule has 1 aliphatic rings. The molecule has 1 saturated carbocycles. The van der Waals surface area contributed by atoms with Crippen LogP contribution in [0.3, 0.4) is 0 Å². The van der Waals surface area contributed by atoms with Gasteiger partial charge in [-0.2, -0.15) is 5.10 Å². The fourth-order valence-electron chi connectivity index (χ4n) is 4.08.